The highest BCUT2D eigenvalue weighted by Crippen LogP contribution is 2.47. The lowest BCUT2D eigenvalue weighted by atomic mass is 9.62. The summed E-state index contributed by atoms with van der Waals surface area (Å²) in [6.45, 7) is 3.17. The van der Waals surface area contributed by atoms with Gasteiger partial charge in [-0.2, -0.15) is 0 Å². The van der Waals surface area contributed by atoms with E-state index in [-0.39, 0.29) is 12.2 Å². The molecule has 0 N–H and O–H groups in total. The van der Waals surface area contributed by atoms with Crippen LogP contribution in [0.5, 0.6) is 0 Å². The molecular weight excluding hydrogens is 280 g/mol. The van der Waals surface area contributed by atoms with Crippen LogP contribution >= 0.6 is 0 Å². The number of hydrogen-bond acceptors (Lipinski definition) is 4. The van der Waals surface area contributed by atoms with E-state index in [0.29, 0.717) is 11.8 Å². The van der Waals surface area contributed by atoms with Gasteiger partial charge in [0.15, 0.2) is 0 Å². The normalized spacial score (nSPS) is 43.5. The summed E-state index contributed by atoms with van der Waals surface area (Å²) in [4.78, 5) is 0. The van der Waals surface area contributed by atoms with E-state index in [0.717, 1.165) is 51.1 Å². The maximum absolute atomic E-state index is 6.04. The van der Waals surface area contributed by atoms with Crippen molar-refractivity contribution in [2.45, 2.75) is 37.9 Å². The fraction of sp³-hybridized carbons (Fsp3) is 0.889. The maximum Gasteiger partial charge on any atom is 0.0843 e. The highest BCUT2D eigenvalue weighted by Gasteiger charge is 2.44. The van der Waals surface area contributed by atoms with Crippen LogP contribution in [0.1, 0.15) is 25.7 Å². The first-order valence-corrected chi connectivity index (χ1v) is 8.67. The third kappa shape index (κ3) is 3.73. The van der Waals surface area contributed by atoms with Gasteiger partial charge in [0.25, 0.3) is 0 Å². The molecule has 0 aromatic rings. The Labute approximate surface area is 134 Å². The number of ether oxygens (including phenoxy) is 4. The predicted molar refractivity (Wildman–Crippen MR) is 84.8 cm³/mol. The van der Waals surface area contributed by atoms with E-state index in [1.54, 1.807) is 0 Å². The van der Waals surface area contributed by atoms with Gasteiger partial charge in [0.2, 0.25) is 0 Å². The van der Waals surface area contributed by atoms with Gasteiger partial charge in [-0.15, -0.1) is 0 Å². The topological polar surface area (TPSA) is 36.9 Å². The highest BCUT2D eigenvalue weighted by atomic mass is 16.5. The molecule has 3 rings (SSSR count). The minimum absolute atomic E-state index is 0.272. The zero-order chi connectivity index (χ0) is 15.4. The standard InChI is InChI=1S/C18H30O4/c1-19-11-15-7-13-9-17-18(22-6-4-3-5-21-17)10-14(13)8-16(15)12-20-2/h3-4,13-18H,5-12H2,1-2H3/b4-3-/t13-,14+,15-,16-,17-,18-/m1/s1. The van der Waals surface area contributed by atoms with Crippen molar-refractivity contribution < 1.29 is 18.9 Å². The molecule has 1 aliphatic heterocycles. The first-order chi connectivity index (χ1) is 10.8. The molecule has 126 valence electrons. The van der Waals surface area contributed by atoms with Crippen LogP contribution in [0.15, 0.2) is 12.2 Å². The van der Waals surface area contributed by atoms with E-state index < -0.39 is 0 Å². The molecule has 2 aliphatic carbocycles. The van der Waals surface area contributed by atoms with Gasteiger partial charge in [0.1, 0.15) is 0 Å². The molecule has 3 aliphatic rings. The van der Waals surface area contributed by atoms with E-state index >= 15 is 0 Å². The van der Waals surface area contributed by atoms with Gasteiger partial charge in [-0.05, 0) is 49.4 Å². The Hall–Kier alpha value is -0.420. The second-order valence-electron chi connectivity index (χ2n) is 7.11. The zero-order valence-corrected chi connectivity index (χ0v) is 13.9. The van der Waals surface area contributed by atoms with Crippen LogP contribution in [-0.4, -0.2) is 52.9 Å². The molecular formula is C18H30O4. The van der Waals surface area contributed by atoms with Crippen molar-refractivity contribution in [2.75, 3.05) is 40.6 Å². The van der Waals surface area contributed by atoms with Gasteiger partial charge in [-0.25, -0.2) is 0 Å². The van der Waals surface area contributed by atoms with Crippen molar-refractivity contribution in [1.29, 1.82) is 0 Å². The number of hydrogen-bond donors (Lipinski definition) is 0. The lowest BCUT2D eigenvalue weighted by Crippen LogP contribution is -2.47. The summed E-state index contributed by atoms with van der Waals surface area (Å²) >= 11 is 0. The first kappa shape index (κ1) is 16.4. The lowest BCUT2D eigenvalue weighted by Gasteiger charge is -2.48. The Balaban J connectivity index is 1.66. The molecule has 0 amide bonds. The van der Waals surface area contributed by atoms with E-state index in [4.69, 9.17) is 18.9 Å². The lowest BCUT2D eigenvalue weighted by molar-refractivity contribution is -0.127. The summed E-state index contributed by atoms with van der Waals surface area (Å²) in [7, 11) is 3.62. The van der Waals surface area contributed by atoms with Crippen LogP contribution in [0.25, 0.3) is 0 Å². The van der Waals surface area contributed by atoms with Crippen LogP contribution < -0.4 is 0 Å². The highest BCUT2D eigenvalue weighted by molar-refractivity contribution is 4.96. The minimum atomic E-state index is 0.272. The molecule has 4 nitrogen and oxygen atoms in total. The Morgan fingerprint density at radius 3 is 1.64 bits per heavy atom. The summed E-state index contributed by atoms with van der Waals surface area (Å²) in [6.07, 6.45) is 9.47. The minimum Gasteiger partial charge on any atom is -0.384 e. The third-order valence-corrected chi connectivity index (χ3v) is 5.77. The molecule has 0 spiro atoms. The van der Waals surface area contributed by atoms with Gasteiger partial charge in [0.05, 0.1) is 25.4 Å². The van der Waals surface area contributed by atoms with Crippen molar-refractivity contribution in [2.24, 2.45) is 23.7 Å². The van der Waals surface area contributed by atoms with Gasteiger partial charge in [0, 0.05) is 27.4 Å². The molecule has 4 heteroatoms. The number of rotatable bonds is 4. The molecule has 0 radical (unpaired) electrons. The first-order valence-electron chi connectivity index (χ1n) is 8.67. The van der Waals surface area contributed by atoms with Crippen molar-refractivity contribution >= 4 is 0 Å². The molecule has 6 atom stereocenters. The molecule has 1 heterocycles. The van der Waals surface area contributed by atoms with Gasteiger partial charge >= 0.3 is 0 Å². The van der Waals surface area contributed by atoms with E-state index in [2.05, 4.69) is 12.2 Å². The molecule has 22 heavy (non-hydrogen) atoms. The zero-order valence-electron chi connectivity index (χ0n) is 13.9. The summed E-state index contributed by atoms with van der Waals surface area (Å²) in [5.41, 5.74) is 0. The van der Waals surface area contributed by atoms with E-state index in [9.17, 15) is 0 Å². The van der Waals surface area contributed by atoms with Crippen molar-refractivity contribution in [3.8, 4) is 0 Å². The molecule has 0 aromatic carbocycles. The summed E-state index contributed by atoms with van der Waals surface area (Å²) in [5.74, 6) is 2.75. The van der Waals surface area contributed by atoms with Gasteiger partial charge in [-0.3, -0.25) is 0 Å². The smallest absolute Gasteiger partial charge is 0.0843 e. The summed E-state index contributed by atoms with van der Waals surface area (Å²) in [6, 6.07) is 0. The second-order valence-corrected chi connectivity index (χ2v) is 7.11. The van der Waals surface area contributed by atoms with Crippen molar-refractivity contribution in [3.63, 3.8) is 0 Å². The Morgan fingerprint density at radius 1 is 0.773 bits per heavy atom. The van der Waals surface area contributed by atoms with Gasteiger partial charge < -0.3 is 18.9 Å². The van der Waals surface area contributed by atoms with Gasteiger partial charge in [-0.1, -0.05) is 12.2 Å². The van der Waals surface area contributed by atoms with E-state index in [1.807, 2.05) is 14.2 Å². The average molecular weight is 310 g/mol. The molecule has 0 aromatic heterocycles. The number of methoxy groups -OCH3 is 2. The monoisotopic (exact) mass is 310 g/mol. The largest absolute Gasteiger partial charge is 0.384 e. The second kappa shape index (κ2) is 7.91. The van der Waals surface area contributed by atoms with Crippen LogP contribution in [0.4, 0.5) is 0 Å². The van der Waals surface area contributed by atoms with Crippen LogP contribution in [0, 0.1) is 23.7 Å². The molecule has 0 saturated heterocycles. The Kier molecular flexibility index (Phi) is 5.91. The fourth-order valence-corrected chi connectivity index (χ4v) is 4.71. The van der Waals surface area contributed by atoms with Crippen LogP contribution in [-0.2, 0) is 18.9 Å². The summed E-state index contributed by atoms with van der Waals surface area (Å²) < 4.78 is 23.0. The number of fused-ring (bicyclic) bond motifs is 2. The van der Waals surface area contributed by atoms with Crippen LogP contribution in [0.2, 0.25) is 0 Å². The third-order valence-electron chi connectivity index (χ3n) is 5.77. The maximum atomic E-state index is 6.04. The molecule has 0 bridgehead atoms. The van der Waals surface area contributed by atoms with Crippen molar-refractivity contribution in [3.05, 3.63) is 12.2 Å². The average Bonchev–Trinajstić information content (AvgIpc) is 2.49. The Morgan fingerprint density at radius 2 is 1.23 bits per heavy atom. The Bertz CT molecular complexity index is 336. The van der Waals surface area contributed by atoms with E-state index in [1.165, 1.54) is 12.8 Å². The van der Waals surface area contributed by atoms with Crippen molar-refractivity contribution in [1.82, 2.24) is 0 Å². The van der Waals surface area contributed by atoms with Crippen LogP contribution in [0.3, 0.4) is 0 Å². The quantitative estimate of drug-likeness (QED) is 0.748. The molecule has 2 saturated carbocycles. The molecule has 0 unspecified atom stereocenters. The SMILES string of the molecule is COC[C@H]1C[C@@H]2C[C@H]3OC/C=C\CO[C@@H]3C[C@@H]2C[C@@H]1COC. The fourth-order valence-electron chi connectivity index (χ4n) is 4.71. The predicted octanol–water partition coefficient (Wildman–Crippen LogP) is 2.67. The molecule has 2 fully saturated rings. The summed E-state index contributed by atoms with van der Waals surface area (Å²) in [5, 5.41) is 0.